The Morgan fingerprint density at radius 1 is 0.931 bits per heavy atom. The number of nitrogens with zero attached hydrogens (tertiary/aromatic N) is 3. The fourth-order valence-electron chi connectivity index (χ4n) is 2.92. The minimum atomic E-state index is -0.359. The first kappa shape index (κ1) is 19.1. The lowest BCUT2D eigenvalue weighted by atomic mass is 10.1. The summed E-state index contributed by atoms with van der Waals surface area (Å²) in [6, 6.07) is 23.4. The number of hydrogen-bond acceptors (Lipinski definition) is 3. The molecule has 144 valence electrons. The third kappa shape index (κ3) is 4.27. The van der Waals surface area contributed by atoms with E-state index in [9.17, 15) is 4.79 Å². The number of carbonyl (C=O) groups is 1. The van der Waals surface area contributed by atoms with Crippen LogP contribution in [0.3, 0.4) is 0 Å². The van der Waals surface area contributed by atoms with Gasteiger partial charge in [0.1, 0.15) is 0 Å². The van der Waals surface area contributed by atoms with Gasteiger partial charge in [-0.2, -0.15) is 0 Å². The molecule has 1 N–H and O–H groups in total. The fourth-order valence-corrected chi connectivity index (χ4v) is 3.32. The van der Waals surface area contributed by atoms with Crippen LogP contribution in [0.25, 0.3) is 17.1 Å². The van der Waals surface area contributed by atoms with Crippen molar-refractivity contribution in [2.75, 3.05) is 5.32 Å². The maximum absolute atomic E-state index is 12.8. The molecular formula is C23H19BrN4O. The van der Waals surface area contributed by atoms with Crippen molar-refractivity contribution in [1.29, 1.82) is 0 Å². The average Bonchev–Trinajstić information content (AvgIpc) is 3.15. The van der Waals surface area contributed by atoms with Crippen LogP contribution in [0.4, 0.5) is 5.69 Å². The predicted octanol–water partition coefficient (Wildman–Crippen LogP) is 5.57. The first-order chi connectivity index (χ1) is 14.0. The molecule has 0 aliphatic carbocycles. The lowest BCUT2D eigenvalue weighted by Gasteiger charge is -2.06. The van der Waals surface area contributed by atoms with E-state index in [1.807, 2.05) is 86.6 Å². The molecule has 0 unspecified atom stereocenters. The summed E-state index contributed by atoms with van der Waals surface area (Å²) in [6.07, 6.45) is 0. The zero-order chi connectivity index (χ0) is 20.4. The van der Waals surface area contributed by atoms with Crippen molar-refractivity contribution in [1.82, 2.24) is 14.8 Å². The first-order valence-electron chi connectivity index (χ1n) is 9.18. The Labute approximate surface area is 177 Å². The molecule has 6 heteroatoms. The Hall–Kier alpha value is -3.25. The van der Waals surface area contributed by atoms with E-state index < -0.39 is 0 Å². The molecule has 0 bridgehead atoms. The number of halogens is 1. The smallest absolute Gasteiger partial charge is 0.295 e. The Balaban J connectivity index is 1.75. The quantitative estimate of drug-likeness (QED) is 0.445. The fraction of sp³-hybridized carbons (Fsp3) is 0.0870. The van der Waals surface area contributed by atoms with Gasteiger partial charge in [0.25, 0.3) is 5.91 Å². The van der Waals surface area contributed by atoms with Crippen molar-refractivity contribution in [3.63, 3.8) is 0 Å². The molecule has 0 aliphatic heterocycles. The Bertz CT molecular complexity index is 1100. The van der Waals surface area contributed by atoms with Gasteiger partial charge in [0, 0.05) is 15.7 Å². The van der Waals surface area contributed by atoms with Gasteiger partial charge in [-0.1, -0.05) is 69.5 Å². The minimum Gasteiger partial charge on any atom is -0.319 e. The van der Waals surface area contributed by atoms with Gasteiger partial charge >= 0.3 is 0 Å². The van der Waals surface area contributed by atoms with Gasteiger partial charge in [-0.3, -0.25) is 4.79 Å². The molecule has 29 heavy (non-hydrogen) atoms. The van der Waals surface area contributed by atoms with Gasteiger partial charge < -0.3 is 5.32 Å². The summed E-state index contributed by atoms with van der Waals surface area (Å²) < 4.78 is 2.59. The molecule has 0 radical (unpaired) electrons. The summed E-state index contributed by atoms with van der Waals surface area (Å²) in [5, 5.41) is 7.36. The van der Waals surface area contributed by atoms with E-state index in [-0.39, 0.29) is 11.7 Å². The summed E-state index contributed by atoms with van der Waals surface area (Å²) in [5.41, 5.74) is 4.72. The van der Waals surface area contributed by atoms with Crippen LogP contribution in [0.5, 0.6) is 0 Å². The molecule has 1 aromatic heterocycles. The van der Waals surface area contributed by atoms with Crippen LogP contribution >= 0.6 is 15.9 Å². The van der Waals surface area contributed by atoms with Crippen LogP contribution in [0.1, 0.15) is 21.7 Å². The molecule has 0 spiro atoms. The van der Waals surface area contributed by atoms with E-state index in [1.54, 1.807) is 4.68 Å². The second-order valence-electron chi connectivity index (χ2n) is 6.84. The number of aryl methyl sites for hydroxylation is 2. The summed E-state index contributed by atoms with van der Waals surface area (Å²) in [7, 11) is 0. The lowest BCUT2D eigenvalue weighted by molar-refractivity contribution is 0.101. The molecule has 5 nitrogen and oxygen atoms in total. The van der Waals surface area contributed by atoms with Crippen LogP contribution in [-0.2, 0) is 0 Å². The van der Waals surface area contributed by atoms with E-state index >= 15 is 0 Å². The second-order valence-corrected chi connectivity index (χ2v) is 7.75. The zero-order valence-electron chi connectivity index (χ0n) is 16.1. The first-order valence-corrected chi connectivity index (χ1v) is 9.97. The largest absolute Gasteiger partial charge is 0.319 e. The van der Waals surface area contributed by atoms with E-state index in [1.165, 1.54) is 0 Å². The van der Waals surface area contributed by atoms with Crippen LogP contribution < -0.4 is 5.32 Å². The van der Waals surface area contributed by atoms with Crippen molar-refractivity contribution in [3.8, 4) is 17.1 Å². The normalized spacial score (nSPS) is 10.7. The molecule has 0 saturated carbocycles. The number of carbonyl (C=O) groups excluding carboxylic acids is 1. The molecule has 0 aliphatic rings. The van der Waals surface area contributed by atoms with Gasteiger partial charge in [0.2, 0.25) is 5.82 Å². The highest BCUT2D eigenvalue weighted by molar-refractivity contribution is 9.10. The molecule has 0 atom stereocenters. The number of amides is 1. The van der Waals surface area contributed by atoms with Crippen LogP contribution in [0, 0.1) is 13.8 Å². The molecule has 0 saturated heterocycles. The van der Waals surface area contributed by atoms with Gasteiger partial charge in [-0.25, -0.2) is 9.67 Å². The van der Waals surface area contributed by atoms with Crippen molar-refractivity contribution >= 4 is 27.5 Å². The van der Waals surface area contributed by atoms with Gasteiger partial charge in [0.15, 0.2) is 5.82 Å². The number of anilines is 1. The Kier molecular flexibility index (Phi) is 5.27. The monoisotopic (exact) mass is 446 g/mol. The number of rotatable bonds is 4. The summed E-state index contributed by atoms with van der Waals surface area (Å²) in [4.78, 5) is 17.4. The number of nitrogens with one attached hydrogen (secondary N) is 1. The van der Waals surface area contributed by atoms with E-state index in [0.717, 1.165) is 26.9 Å². The average molecular weight is 447 g/mol. The zero-order valence-corrected chi connectivity index (χ0v) is 17.6. The second kappa shape index (κ2) is 8.01. The summed E-state index contributed by atoms with van der Waals surface area (Å²) in [5.74, 6) is 0.372. The number of hydrogen-bond donors (Lipinski definition) is 1. The summed E-state index contributed by atoms with van der Waals surface area (Å²) in [6.45, 7) is 4.06. The van der Waals surface area contributed by atoms with Crippen LogP contribution in [0.15, 0.2) is 77.3 Å². The molecule has 1 amide bonds. The third-order valence-corrected chi connectivity index (χ3v) is 4.97. The predicted molar refractivity (Wildman–Crippen MR) is 118 cm³/mol. The van der Waals surface area contributed by atoms with E-state index in [0.29, 0.717) is 11.5 Å². The molecular weight excluding hydrogens is 428 g/mol. The molecule has 4 rings (SSSR count). The molecule has 4 aromatic rings. The maximum Gasteiger partial charge on any atom is 0.295 e. The number of benzene rings is 3. The molecule has 1 heterocycles. The van der Waals surface area contributed by atoms with E-state index in [4.69, 9.17) is 0 Å². The van der Waals surface area contributed by atoms with Crippen LogP contribution in [0.2, 0.25) is 0 Å². The standard InChI is InChI=1S/C23H19BrN4O/c1-15-6-10-17(11-7-15)22-26-21(23(29)25-19-5-3-4-18(24)14-19)27-28(22)20-12-8-16(2)9-13-20/h3-14H,1-2H3,(H,25,29). The minimum absolute atomic E-state index is 0.112. The van der Waals surface area contributed by atoms with Crippen molar-refractivity contribution in [3.05, 3.63) is 94.2 Å². The highest BCUT2D eigenvalue weighted by Crippen LogP contribution is 2.23. The summed E-state index contributed by atoms with van der Waals surface area (Å²) >= 11 is 3.41. The van der Waals surface area contributed by atoms with E-state index in [2.05, 4.69) is 31.3 Å². The Morgan fingerprint density at radius 2 is 1.59 bits per heavy atom. The van der Waals surface area contributed by atoms with Crippen molar-refractivity contribution < 1.29 is 4.79 Å². The van der Waals surface area contributed by atoms with Gasteiger partial charge in [0.05, 0.1) is 5.69 Å². The van der Waals surface area contributed by atoms with Crippen molar-refractivity contribution in [2.24, 2.45) is 0 Å². The Morgan fingerprint density at radius 3 is 2.24 bits per heavy atom. The van der Waals surface area contributed by atoms with Gasteiger partial charge in [-0.15, -0.1) is 5.10 Å². The van der Waals surface area contributed by atoms with Crippen LogP contribution in [-0.4, -0.2) is 20.7 Å². The topological polar surface area (TPSA) is 59.8 Å². The third-order valence-electron chi connectivity index (χ3n) is 4.48. The van der Waals surface area contributed by atoms with Crippen molar-refractivity contribution in [2.45, 2.75) is 13.8 Å². The lowest BCUT2D eigenvalue weighted by Crippen LogP contribution is -2.14. The molecule has 0 fully saturated rings. The maximum atomic E-state index is 12.8. The molecule has 3 aromatic carbocycles. The number of aromatic nitrogens is 3. The SMILES string of the molecule is Cc1ccc(-c2nc(C(=O)Nc3cccc(Br)c3)nn2-c2ccc(C)cc2)cc1. The highest BCUT2D eigenvalue weighted by Gasteiger charge is 2.19. The highest BCUT2D eigenvalue weighted by atomic mass is 79.9. The van der Waals surface area contributed by atoms with Gasteiger partial charge in [-0.05, 0) is 44.2 Å².